The van der Waals surface area contributed by atoms with Gasteiger partial charge in [-0.1, -0.05) is 88.4 Å². The van der Waals surface area contributed by atoms with Crippen LogP contribution in [0.5, 0.6) is 0 Å². The van der Waals surface area contributed by atoms with Crippen molar-refractivity contribution in [1.29, 1.82) is 0 Å². The monoisotopic (exact) mass is 505 g/mol. The predicted molar refractivity (Wildman–Crippen MR) is 143 cm³/mol. The van der Waals surface area contributed by atoms with E-state index < -0.39 is 17.7 Å². The summed E-state index contributed by atoms with van der Waals surface area (Å²) >= 11 is 0. The summed E-state index contributed by atoms with van der Waals surface area (Å²) < 4.78 is 5.20. The maximum absolute atomic E-state index is 12.4. The van der Waals surface area contributed by atoms with Crippen molar-refractivity contribution in [3.63, 3.8) is 0 Å². The van der Waals surface area contributed by atoms with E-state index in [1.807, 2.05) is 52.0 Å². The molecule has 8 heteroatoms. The second kappa shape index (κ2) is 15.3. The highest BCUT2D eigenvalue weighted by Gasteiger charge is 2.27. The Morgan fingerprint density at radius 1 is 0.743 bits per heavy atom. The number of carbonyl (C=O) groups is 3. The molecule has 0 heterocycles. The van der Waals surface area contributed by atoms with Crippen molar-refractivity contribution >= 4 is 30.1 Å². The predicted octanol–water partition coefficient (Wildman–Crippen LogP) is 5.20. The topological polar surface area (TPSA) is 111 Å². The quantitative estimate of drug-likeness (QED) is 0.258. The lowest BCUT2D eigenvalue weighted by atomic mass is 9.95. The molecule has 0 saturated heterocycles. The van der Waals surface area contributed by atoms with E-state index in [1.54, 1.807) is 57.2 Å². The summed E-state index contributed by atoms with van der Waals surface area (Å²) in [6.45, 7) is 13.1. The average Bonchev–Trinajstić information content (AvgIpc) is 2.77. The minimum atomic E-state index is -0.591. The number of ketones is 2. The van der Waals surface area contributed by atoms with Crippen LogP contribution in [0.1, 0.15) is 69.2 Å². The third-order valence-corrected chi connectivity index (χ3v) is 4.87. The third kappa shape index (κ3) is 11.5. The molecular formula is C27H40ClN3O4. The van der Waals surface area contributed by atoms with Gasteiger partial charge in [-0.15, -0.1) is 12.4 Å². The number of halogens is 1. The maximum atomic E-state index is 12.4. The zero-order chi connectivity index (χ0) is 25.9. The molecule has 0 aliphatic heterocycles. The van der Waals surface area contributed by atoms with Crippen LogP contribution >= 0.6 is 12.4 Å². The second-order valence-corrected chi connectivity index (χ2v) is 9.72. The van der Waals surface area contributed by atoms with Gasteiger partial charge in [0.2, 0.25) is 0 Å². The largest absolute Gasteiger partial charge is 0.444 e. The number of amides is 1. The summed E-state index contributed by atoms with van der Waals surface area (Å²) in [5, 5.41) is 2.66. The fourth-order valence-corrected chi connectivity index (χ4v) is 3.10. The third-order valence-electron chi connectivity index (χ3n) is 4.87. The smallest absolute Gasteiger partial charge is 0.408 e. The number of alkyl carbamates (subject to hydrolysis) is 1. The lowest BCUT2D eigenvalue weighted by molar-refractivity contribution is 0.0475. The van der Waals surface area contributed by atoms with Crippen LogP contribution in [-0.2, 0) is 4.74 Å². The molecule has 0 unspecified atom stereocenters. The molecule has 0 aromatic heterocycles. The molecule has 0 aliphatic carbocycles. The van der Waals surface area contributed by atoms with Crippen molar-refractivity contribution in [2.45, 2.75) is 66.2 Å². The summed E-state index contributed by atoms with van der Waals surface area (Å²) in [6, 6.07) is 17.2. The van der Waals surface area contributed by atoms with E-state index in [1.165, 1.54) is 0 Å². The van der Waals surface area contributed by atoms with E-state index in [0.717, 1.165) is 0 Å². The molecule has 0 saturated carbocycles. The first-order valence-electron chi connectivity index (χ1n) is 11.5. The summed E-state index contributed by atoms with van der Waals surface area (Å²) in [6.07, 6.45) is -0.569. The summed E-state index contributed by atoms with van der Waals surface area (Å²) in [5.74, 6) is 5.45. The highest BCUT2D eigenvalue weighted by atomic mass is 35.5. The van der Waals surface area contributed by atoms with Crippen molar-refractivity contribution in [3.05, 3.63) is 71.8 Å². The summed E-state index contributed by atoms with van der Waals surface area (Å²) in [5.41, 5.74) is 3.25. The Morgan fingerprint density at radius 3 is 1.43 bits per heavy atom. The molecule has 0 aliphatic rings. The van der Waals surface area contributed by atoms with Gasteiger partial charge in [-0.05, 0) is 32.6 Å². The molecule has 194 valence electrons. The standard InChI is InChI=1S/C16H23NO3.C11H16N2O.ClH/c1-11(2)13(17-15(19)20-16(3,4)5)14(18)12-9-7-6-8-10-12;1-8(2)10(13-12)11(14)9-6-4-3-5-7-9;/h6-11,13H,1-5H3,(H,17,19);3-8,10,13H,12H2,1-2H3;1H/t13-;10-;/m00./s1. The molecule has 2 aromatic rings. The molecule has 1 amide bonds. The van der Waals surface area contributed by atoms with Gasteiger partial charge in [-0.3, -0.25) is 15.4 Å². The number of carbonyl (C=O) groups excluding carboxylic acids is 3. The van der Waals surface area contributed by atoms with Gasteiger partial charge in [0.1, 0.15) is 5.60 Å². The van der Waals surface area contributed by atoms with Crippen LogP contribution in [0.2, 0.25) is 0 Å². The van der Waals surface area contributed by atoms with Crippen molar-refractivity contribution in [3.8, 4) is 0 Å². The van der Waals surface area contributed by atoms with Crippen LogP contribution in [0, 0.1) is 11.8 Å². The Morgan fingerprint density at radius 2 is 1.11 bits per heavy atom. The van der Waals surface area contributed by atoms with Crippen LogP contribution in [-0.4, -0.2) is 35.3 Å². The van der Waals surface area contributed by atoms with Gasteiger partial charge in [0.05, 0.1) is 12.1 Å². The van der Waals surface area contributed by atoms with Gasteiger partial charge in [0, 0.05) is 11.1 Å². The van der Waals surface area contributed by atoms with Gasteiger partial charge >= 0.3 is 6.09 Å². The fourth-order valence-electron chi connectivity index (χ4n) is 3.10. The van der Waals surface area contributed by atoms with E-state index in [-0.39, 0.29) is 41.9 Å². The van der Waals surface area contributed by atoms with E-state index in [4.69, 9.17) is 10.6 Å². The van der Waals surface area contributed by atoms with Gasteiger partial charge in [-0.2, -0.15) is 0 Å². The lowest BCUT2D eigenvalue weighted by Gasteiger charge is -2.25. The maximum Gasteiger partial charge on any atom is 0.408 e. The Hall–Kier alpha value is -2.74. The SMILES string of the molecule is CC(C)[C@H](NC(=O)OC(C)(C)C)C(=O)c1ccccc1.CC(C)[C@H](NN)C(=O)c1ccccc1.Cl. The number of rotatable bonds is 8. The molecule has 2 atom stereocenters. The van der Waals surface area contributed by atoms with Gasteiger partial charge < -0.3 is 10.1 Å². The Balaban J connectivity index is 0.000000680. The molecule has 0 bridgehead atoms. The normalized spacial score (nSPS) is 12.5. The molecule has 0 radical (unpaired) electrons. The van der Waals surface area contributed by atoms with Crippen LogP contribution in [0.25, 0.3) is 0 Å². The molecule has 4 N–H and O–H groups in total. The molecule has 35 heavy (non-hydrogen) atoms. The molecule has 2 aromatic carbocycles. The molecule has 0 spiro atoms. The van der Waals surface area contributed by atoms with Gasteiger partial charge in [-0.25, -0.2) is 10.2 Å². The van der Waals surface area contributed by atoms with E-state index in [2.05, 4.69) is 10.7 Å². The van der Waals surface area contributed by atoms with E-state index >= 15 is 0 Å². The van der Waals surface area contributed by atoms with Crippen molar-refractivity contribution < 1.29 is 19.1 Å². The Kier molecular flexibility index (Phi) is 14.1. The van der Waals surface area contributed by atoms with Crippen LogP contribution in [0.4, 0.5) is 4.79 Å². The van der Waals surface area contributed by atoms with Crippen molar-refractivity contribution in [1.82, 2.24) is 10.7 Å². The summed E-state index contributed by atoms with van der Waals surface area (Å²) in [7, 11) is 0. The first-order valence-corrected chi connectivity index (χ1v) is 11.5. The molecular weight excluding hydrogens is 466 g/mol. The van der Waals surface area contributed by atoms with Gasteiger partial charge in [0.25, 0.3) is 0 Å². The van der Waals surface area contributed by atoms with Crippen LogP contribution in [0.15, 0.2) is 60.7 Å². The number of ether oxygens (including phenoxy) is 1. The number of nitrogens with two attached hydrogens (primary N) is 1. The fraction of sp³-hybridized carbons (Fsp3) is 0.444. The van der Waals surface area contributed by atoms with Crippen LogP contribution in [0.3, 0.4) is 0 Å². The van der Waals surface area contributed by atoms with E-state index in [9.17, 15) is 14.4 Å². The van der Waals surface area contributed by atoms with Crippen molar-refractivity contribution in [2.75, 3.05) is 0 Å². The zero-order valence-electron chi connectivity index (χ0n) is 21.7. The number of hydrogen-bond acceptors (Lipinski definition) is 6. The number of hydrogen-bond donors (Lipinski definition) is 3. The Labute approximate surface area is 215 Å². The first kappa shape index (κ1) is 32.3. The van der Waals surface area contributed by atoms with Gasteiger partial charge in [0.15, 0.2) is 11.6 Å². The molecule has 7 nitrogen and oxygen atoms in total. The minimum Gasteiger partial charge on any atom is -0.444 e. The number of benzene rings is 2. The van der Waals surface area contributed by atoms with Crippen LogP contribution < -0.4 is 16.6 Å². The molecule has 0 fully saturated rings. The lowest BCUT2D eigenvalue weighted by Crippen LogP contribution is -2.46. The second-order valence-electron chi connectivity index (χ2n) is 9.72. The zero-order valence-corrected chi connectivity index (χ0v) is 22.5. The Bertz CT molecular complexity index is 913. The highest BCUT2D eigenvalue weighted by molar-refractivity contribution is 6.01. The highest BCUT2D eigenvalue weighted by Crippen LogP contribution is 2.13. The number of Topliss-reactive ketones (excluding diaryl/α,β-unsaturated/α-hetero) is 2. The van der Waals surface area contributed by atoms with E-state index in [0.29, 0.717) is 11.1 Å². The molecule has 2 rings (SSSR count). The number of nitrogens with one attached hydrogen (secondary N) is 2. The number of hydrazine groups is 1. The van der Waals surface area contributed by atoms with Crippen molar-refractivity contribution in [2.24, 2.45) is 17.7 Å². The summed E-state index contributed by atoms with van der Waals surface area (Å²) in [4.78, 5) is 36.1. The first-order chi connectivity index (χ1) is 15.9. The average molecular weight is 506 g/mol. The minimum absolute atomic E-state index is 0.